The minimum atomic E-state index is 0.680. The minimum absolute atomic E-state index is 0.680. The Morgan fingerprint density at radius 3 is 2.29 bits per heavy atom. The highest BCUT2D eigenvalue weighted by Crippen LogP contribution is 2.36. The van der Waals surface area contributed by atoms with Crippen LogP contribution in [0, 0.1) is 5.92 Å². The van der Waals surface area contributed by atoms with Crippen LogP contribution in [-0.4, -0.2) is 31.1 Å². The average molecular weight is 287 g/mol. The Hall–Kier alpha value is -1.02. The topological polar surface area (TPSA) is 12.5 Å². The van der Waals surface area contributed by atoms with Gasteiger partial charge in [-0.2, -0.15) is 0 Å². The zero-order valence-electron chi connectivity index (χ0n) is 13.6. The summed E-state index contributed by atoms with van der Waals surface area (Å²) in [5.74, 6) is 2.70. The number of methoxy groups -OCH3 is 1. The van der Waals surface area contributed by atoms with Crippen molar-refractivity contribution in [3.63, 3.8) is 0 Å². The molecule has 3 rings (SSSR count). The summed E-state index contributed by atoms with van der Waals surface area (Å²) in [7, 11) is 1.79. The van der Waals surface area contributed by atoms with Crippen LogP contribution >= 0.6 is 0 Å². The summed E-state index contributed by atoms with van der Waals surface area (Å²) in [6, 6.07) is 9.43. The second-order valence-corrected chi connectivity index (χ2v) is 6.97. The van der Waals surface area contributed by atoms with Gasteiger partial charge in [-0.25, -0.2) is 0 Å². The van der Waals surface area contributed by atoms with Crippen LogP contribution in [0.2, 0.25) is 0 Å². The van der Waals surface area contributed by atoms with Crippen molar-refractivity contribution in [2.24, 2.45) is 5.92 Å². The third-order valence-electron chi connectivity index (χ3n) is 5.61. The van der Waals surface area contributed by atoms with Crippen LogP contribution in [-0.2, 0) is 0 Å². The number of para-hydroxylation sites is 1. The Kier molecular flexibility index (Phi) is 4.84. The molecule has 1 aliphatic heterocycles. The lowest BCUT2D eigenvalue weighted by Gasteiger charge is -2.40. The third-order valence-corrected chi connectivity index (χ3v) is 5.61. The number of rotatable bonds is 3. The number of benzene rings is 1. The lowest BCUT2D eigenvalue weighted by atomic mass is 9.83. The van der Waals surface area contributed by atoms with E-state index in [4.69, 9.17) is 4.74 Å². The first kappa shape index (κ1) is 14.9. The van der Waals surface area contributed by atoms with Crippen molar-refractivity contribution in [3.05, 3.63) is 29.8 Å². The van der Waals surface area contributed by atoms with Crippen molar-refractivity contribution in [3.8, 4) is 5.75 Å². The normalized spacial score (nSPS) is 28.5. The predicted molar refractivity (Wildman–Crippen MR) is 88.0 cm³/mol. The lowest BCUT2D eigenvalue weighted by Crippen LogP contribution is -2.42. The predicted octanol–water partition coefficient (Wildman–Crippen LogP) is 4.45. The Labute approximate surface area is 129 Å². The van der Waals surface area contributed by atoms with Crippen LogP contribution in [0.15, 0.2) is 24.3 Å². The third kappa shape index (κ3) is 3.42. The first-order valence-electron chi connectivity index (χ1n) is 8.65. The van der Waals surface area contributed by atoms with E-state index >= 15 is 0 Å². The zero-order chi connectivity index (χ0) is 14.7. The van der Waals surface area contributed by atoms with Crippen molar-refractivity contribution in [1.29, 1.82) is 0 Å². The molecule has 0 N–H and O–H groups in total. The Balaban J connectivity index is 1.57. The molecule has 2 fully saturated rings. The van der Waals surface area contributed by atoms with Crippen molar-refractivity contribution < 1.29 is 4.74 Å². The summed E-state index contributed by atoms with van der Waals surface area (Å²) < 4.78 is 5.54. The highest BCUT2D eigenvalue weighted by molar-refractivity contribution is 5.36. The van der Waals surface area contributed by atoms with E-state index in [9.17, 15) is 0 Å². The Morgan fingerprint density at radius 2 is 1.62 bits per heavy atom. The SMILES string of the molecule is COc1ccccc1C1CCN(C2CCC(C)CC2)CC1. The van der Waals surface area contributed by atoms with Crippen molar-refractivity contribution in [2.75, 3.05) is 20.2 Å². The van der Waals surface area contributed by atoms with Crippen molar-refractivity contribution in [1.82, 2.24) is 4.90 Å². The molecular formula is C19H29NO. The molecule has 1 heterocycles. The van der Waals surface area contributed by atoms with Gasteiger partial charge < -0.3 is 9.64 Å². The molecule has 0 unspecified atom stereocenters. The van der Waals surface area contributed by atoms with Gasteiger partial charge in [0.2, 0.25) is 0 Å². The minimum Gasteiger partial charge on any atom is -0.496 e. The molecule has 0 radical (unpaired) electrons. The van der Waals surface area contributed by atoms with Crippen LogP contribution in [0.3, 0.4) is 0 Å². The summed E-state index contributed by atoms with van der Waals surface area (Å²) in [5.41, 5.74) is 1.41. The van der Waals surface area contributed by atoms with Crippen LogP contribution in [0.1, 0.15) is 56.9 Å². The molecule has 0 atom stereocenters. The number of hydrogen-bond acceptors (Lipinski definition) is 2. The fourth-order valence-corrected chi connectivity index (χ4v) is 4.19. The molecule has 0 bridgehead atoms. The lowest BCUT2D eigenvalue weighted by molar-refractivity contribution is 0.110. The van der Waals surface area contributed by atoms with Crippen molar-refractivity contribution >= 4 is 0 Å². The summed E-state index contributed by atoms with van der Waals surface area (Å²) in [6.07, 6.45) is 8.26. The second-order valence-electron chi connectivity index (χ2n) is 6.97. The van der Waals surface area contributed by atoms with Crippen LogP contribution in [0.5, 0.6) is 5.75 Å². The number of hydrogen-bond donors (Lipinski definition) is 0. The Morgan fingerprint density at radius 1 is 0.952 bits per heavy atom. The molecule has 21 heavy (non-hydrogen) atoms. The number of nitrogens with zero attached hydrogens (tertiary/aromatic N) is 1. The van der Waals surface area contributed by atoms with Gasteiger partial charge >= 0.3 is 0 Å². The van der Waals surface area contributed by atoms with Gasteiger partial charge in [0.05, 0.1) is 7.11 Å². The molecule has 2 heteroatoms. The smallest absolute Gasteiger partial charge is 0.122 e. The van der Waals surface area contributed by atoms with E-state index in [1.165, 1.54) is 57.2 Å². The van der Waals surface area contributed by atoms with E-state index in [1.54, 1.807) is 7.11 Å². The molecule has 2 aliphatic rings. The van der Waals surface area contributed by atoms with E-state index in [-0.39, 0.29) is 0 Å². The first-order valence-corrected chi connectivity index (χ1v) is 8.65. The van der Waals surface area contributed by atoms with E-state index in [0.717, 1.165) is 17.7 Å². The maximum absolute atomic E-state index is 5.54. The maximum Gasteiger partial charge on any atom is 0.122 e. The van der Waals surface area contributed by atoms with Crippen molar-refractivity contribution in [2.45, 2.75) is 57.4 Å². The van der Waals surface area contributed by atoms with Crippen LogP contribution < -0.4 is 4.74 Å². The average Bonchev–Trinajstić information content (AvgIpc) is 2.56. The van der Waals surface area contributed by atoms with Crippen LogP contribution in [0.25, 0.3) is 0 Å². The summed E-state index contributed by atoms with van der Waals surface area (Å²) in [5, 5.41) is 0. The largest absolute Gasteiger partial charge is 0.496 e. The zero-order valence-corrected chi connectivity index (χ0v) is 13.6. The van der Waals surface area contributed by atoms with E-state index in [0.29, 0.717) is 5.92 Å². The quantitative estimate of drug-likeness (QED) is 0.814. The van der Waals surface area contributed by atoms with Gasteiger partial charge in [-0.05, 0) is 75.1 Å². The van der Waals surface area contributed by atoms with Gasteiger partial charge in [0.25, 0.3) is 0 Å². The summed E-state index contributed by atoms with van der Waals surface area (Å²) in [6.45, 7) is 4.94. The molecule has 1 saturated carbocycles. The van der Waals surface area contributed by atoms with Gasteiger partial charge in [0.1, 0.15) is 5.75 Å². The molecule has 1 saturated heterocycles. The number of likely N-dealkylation sites (tertiary alicyclic amines) is 1. The molecule has 2 nitrogen and oxygen atoms in total. The molecule has 1 aliphatic carbocycles. The van der Waals surface area contributed by atoms with E-state index in [1.807, 2.05) is 0 Å². The molecule has 0 aromatic heterocycles. The molecular weight excluding hydrogens is 258 g/mol. The van der Waals surface area contributed by atoms with Crippen LogP contribution in [0.4, 0.5) is 0 Å². The van der Waals surface area contributed by atoms with Gasteiger partial charge in [-0.15, -0.1) is 0 Å². The van der Waals surface area contributed by atoms with Gasteiger partial charge in [-0.1, -0.05) is 25.1 Å². The summed E-state index contributed by atoms with van der Waals surface area (Å²) in [4.78, 5) is 2.76. The monoisotopic (exact) mass is 287 g/mol. The standard InChI is InChI=1S/C19H29NO/c1-15-7-9-17(10-8-15)20-13-11-16(12-14-20)18-5-3-4-6-19(18)21-2/h3-6,15-17H,7-14H2,1-2H3. The van der Waals surface area contributed by atoms with E-state index in [2.05, 4.69) is 36.1 Å². The molecule has 116 valence electrons. The van der Waals surface area contributed by atoms with Gasteiger partial charge in [0.15, 0.2) is 0 Å². The summed E-state index contributed by atoms with van der Waals surface area (Å²) >= 11 is 0. The van der Waals surface area contributed by atoms with E-state index < -0.39 is 0 Å². The highest BCUT2D eigenvalue weighted by Gasteiger charge is 2.29. The molecule has 0 spiro atoms. The maximum atomic E-state index is 5.54. The fourth-order valence-electron chi connectivity index (χ4n) is 4.19. The second kappa shape index (κ2) is 6.83. The van der Waals surface area contributed by atoms with Gasteiger partial charge in [0, 0.05) is 6.04 Å². The number of ether oxygens (including phenoxy) is 1. The first-order chi connectivity index (χ1) is 10.3. The molecule has 0 amide bonds. The fraction of sp³-hybridized carbons (Fsp3) is 0.684. The van der Waals surface area contributed by atoms with Gasteiger partial charge in [-0.3, -0.25) is 0 Å². The Bertz CT molecular complexity index is 443. The number of piperidine rings is 1. The highest BCUT2D eigenvalue weighted by atomic mass is 16.5. The molecule has 1 aromatic rings. The molecule has 1 aromatic carbocycles.